The Morgan fingerprint density at radius 2 is 2.09 bits per heavy atom. The van der Waals surface area contributed by atoms with Crippen LogP contribution in [0.2, 0.25) is 5.02 Å². The Bertz CT molecular complexity index is 1420. The molecule has 3 heterocycles. The molecule has 0 saturated carbocycles. The molecule has 34 heavy (non-hydrogen) atoms. The fourth-order valence-corrected chi connectivity index (χ4v) is 4.58. The highest BCUT2D eigenvalue weighted by Crippen LogP contribution is 2.28. The maximum atomic E-state index is 13.2. The minimum atomic E-state index is -0.342. The maximum Gasteiger partial charge on any atom is 0.281 e. The third-order valence-electron chi connectivity index (χ3n) is 6.05. The second-order valence-electron chi connectivity index (χ2n) is 8.29. The molecule has 5 rings (SSSR count). The van der Waals surface area contributed by atoms with E-state index in [1.54, 1.807) is 34.9 Å². The van der Waals surface area contributed by atoms with Gasteiger partial charge in [-0.15, -0.1) is 5.10 Å². The van der Waals surface area contributed by atoms with E-state index in [0.717, 1.165) is 18.4 Å². The molecule has 0 aliphatic carbocycles. The lowest BCUT2D eigenvalue weighted by molar-refractivity contribution is 0.0701. The quantitative estimate of drug-likeness (QED) is 0.472. The number of carbonyl (C=O) groups is 1. The molecular formula is C24H23ClN6O3. The number of hydrogen-bond acceptors (Lipinski definition) is 6. The smallest absolute Gasteiger partial charge is 0.281 e. The molecule has 1 aliphatic rings. The van der Waals surface area contributed by atoms with Gasteiger partial charge in [0.2, 0.25) is 0 Å². The van der Waals surface area contributed by atoms with Crippen LogP contribution in [0.4, 0.5) is 0 Å². The Hall–Kier alpha value is -3.72. The highest BCUT2D eigenvalue weighted by molar-refractivity contribution is 6.30. The number of H-pyrrole nitrogens is 1. The summed E-state index contributed by atoms with van der Waals surface area (Å²) in [7, 11) is 1.55. The number of hydrogen-bond donors (Lipinski definition) is 1. The predicted octanol–water partition coefficient (Wildman–Crippen LogP) is 3.24. The Kier molecular flexibility index (Phi) is 6.02. The van der Waals surface area contributed by atoms with Gasteiger partial charge in [0.1, 0.15) is 11.6 Å². The van der Waals surface area contributed by atoms with Crippen molar-refractivity contribution in [3.8, 4) is 5.75 Å². The topological polar surface area (TPSA) is 106 Å². The molecule has 174 valence electrons. The van der Waals surface area contributed by atoms with E-state index < -0.39 is 0 Å². The first-order valence-corrected chi connectivity index (χ1v) is 11.4. The van der Waals surface area contributed by atoms with Crippen molar-refractivity contribution in [2.24, 2.45) is 0 Å². The van der Waals surface area contributed by atoms with Gasteiger partial charge < -0.3 is 14.6 Å². The van der Waals surface area contributed by atoms with Crippen LogP contribution < -0.4 is 10.3 Å². The lowest BCUT2D eigenvalue weighted by Crippen LogP contribution is -2.40. The van der Waals surface area contributed by atoms with Crippen molar-refractivity contribution in [3.63, 3.8) is 0 Å². The average molecular weight is 479 g/mol. The third-order valence-corrected chi connectivity index (χ3v) is 6.28. The van der Waals surface area contributed by atoms with E-state index in [9.17, 15) is 9.59 Å². The van der Waals surface area contributed by atoms with Crippen LogP contribution in [0.1, 0.15) is 40.5 Å². The lowest BCUT2D eigenvalue weighted by atomic mass is 9.96. The number of methoxy groups -OCH3 is 1. The summed E-state index contributed by atoms with van der Waals surface area (Å²) in [6.07, 6.45) is 1.60. The summed E-state index contributed by atoms with van der Waals surface area (Å²) in [5.41, 5.74) is 1.70. The van der Waals surface area contributed by atoms with Crippen molar-refractivity contribution in [1.29, 1.82) is 0 Å². The van der Waals surface area contributed by atoms with E-state index in [0.29, 0.717) is 47.4 Å². The van der Waals surface area contributed by atoms with Crippen LogP contribution in [0.25, 0.3) is 11.2 Å². The number of ether oxygens (including phenoxy) is 1. The first kappa shape index (κ1) is 22.1. The summed E-state index contributed by atoms with van der Waals surface area (Å²) >= 11 is 6.10. The van der Waals surface area contributed by atoms with Crippen molar-refractivity contribution in [2.45, 2.75) is 25.3 Å². The zero-order valence-electron chi connectivity index (χ0n) is 18.6. The molecule has 4 aromatic rings. The van der Waals surface area contributed by atoms with E-state index in [4.69, 9.17) is 21.3 Å². The first-order chi connectivity index (χ1) is 16.5. The number of benzene rings is 2. The van der Waals surface area contributed by atoms with E-state index in [1.165, 1.54) is 0 Å². The van der Waals surface area contributed by atoms with Gasteiger partial charge in [0.05, 0.1) is 19.2 Å². The molecule has 0 spiro atoms. The van der Waals surface area contributed by atoms with Gasteiger partial charge in [-0.3, -0.25) is 9.59 Å². The van der Waals surface area contributed by atoms with E-state index in [1.807, 2.05) is 30.3 Å². The number of halogens is 1. The van der Waals surface area contributed by atoms with Gasteiger partial charge in [0.25, 0.3) is 11.5 Å². The van der Waals surface area contributed by atoms with Gasteiger partial charge in [-0.1, -0.05) is 41.1 Å². The van der Waals surface area contributed by atoms with E-state index in [2.05, 4.69) is 15.3 Å². The number of likely N-dealkylation sites (tertiary alicyclic amines) is 1. The lowest BCUT2D eigenvalue weighted by Gasteiger charge is -2.32. The predicted molar refractivity (Wildman–Crippen MR) is 127 cm³/mol. The summed E-state index contributed by atoms with van der Waals surface area (Å²) in [5, 5.41) is 8.77. The van der Waals surface area contributed by atoms with Crippen LogP contribution in [0.3, 0.4) is 0 Å². The zero-order valence-corrected chi connectivity index (χ0v) is 19.3. The Morgan fingerprint density at radius 1 is 1.24 bits per heavy atom. The van der Waals surface area contributed by atoms with Crippen LogP contribution in [0.5, 0.6) is 5.75 Å². The van der Waals surface area contributed by atoms with Crippen LogP contribution in [0, 0.1) is 0 Å². The molecule has 0 radical (unpaired) electrons. The number of aromatic amines is 1. The molecule has 1 atom stereocenters. The standard InChI is InChI=1S/C24H23ClN6O3/c1-34-19-10-3-2-9-18(19)24(33)30-11-5-7-16(14-30)21-26-22-20(23(32)27-21)28-29-31(22)13-15-6-4-8-17(25)12-15/h2-4,6,8-10,12,16H,5,7,11,13-14H2,1H3,(H,26,27,32). The summed E-state index contributed by atoms with van der Waals surface area (Å²) in [5.74, 6) is 0.862. The SMILES string of the molecule is COc1ccccc1C(=O)N1CCCC(c2nc3c(nnn3Cc3cccc(Cl)c3)c(=O)[nH]2)C1. The molecule has 0 bridgehead atoms. The van der Waals surface area contributed by atoms with Crippen LogP contribution >= 0.6 is 11.6 Å². The Labute approximate surface area is 200 Å². The van der Waals surface area contributed by atoms with E-state index >= 15 is 0 Å². The highest BCUT2D eigenvalue weighted by atomic mass is 35.5. The monoisotopic (exact) mass is 478 g/mol. The normalized spacial score (nSPS) is 16.1. The van der Waals surface area contributed by atoms with Crippen LogP contribution in [-0.2, 0) is 6.54 Å². The summed E-state index contributed by atoms with van der Waals surface area (Å²) < 4.78 is 6.96. The van der Waals surface area contributed by atoms with Crippen molar-refractivity contribution in [2.75, 3.05) is 20.2 Å². The summed E-state index contributed by atoms with van der Waals surface area (Å²) in [4.78, 5) is 35.3. The average Bonchev–Trinajstić information content (AvgIpc) is 3.26. The van der Waals surface area contributed by atoms with Gasteiger partial charge in [-0.2, -0.15) is 0 Å². The molecule has 2 aromatic heterocycles. The number of rotatable bonds is 5. The van der Waals surface area contributed by atoms with Gasteiger partial charge >= 0.3 is 0 Å². The second-order valence-corrected chi connectivity index (χ2v) is 8.73. The van der Waals surface area contributed by atoms with Crippen molar-refractivity contribution < 1.29 is 9.53 Å². The zero-order chi connectivity index (χ0) is 23.7. The van der Waals surface area contributed by atoms with Crippen molar-refractivity contribution in [1.82, 2.24) is 29.9 Å². The van der Waals surface area contributed by atoms with Gasteiger partial charge in [-0.25, -0.2) is 9.67 Å². The largest absolute Gasteiger partial charge is 0.496 e. The number of para-hydroxylation sites is 1. The maximum absolute atomic E-state index is 13.2. The fraction of sp³-hybridized carbons (Fsp3) is 0.292. The van der Waals surface area contributed by atoms with Gasteiger partial charge in [-0.05, 0) is 42.7 Å². The number of nitrogens with one attached hydrogen (secondary N) is 1. The molecule has 1 saturated heterocycles. The van der Waals surface area contributed by atoms with Gasteiger partial charge in [0.15, 0.2) is 11.2 Å². The Balaban J connectivity index is 1.43. The van der Waals surface area contributed by atoms with Crippen LogP contribution in [-0.4, -0.2) is 56.0 Å². The molecule has 1 N–H and O–H groups in total. The van der Waals surface area contributed by atoms with Gasteiger partial charge in [0, 0.05) is 24.0 Å². The number of carbonyl (C=O) groups excluding carboxylic acids is 1. The molecule has 1 amide bonds. The summed E-state index contributed by atoms with van der Waals surface area (Å²) in [6.45, 7) is 1.46. The number of aromatic nitrogens is 5. The highest BCUT2D eigenvalue weighted by Gasteiger charge is 2.29. The molecule has 2 aromatic carbocycles. The number of nitrogens with zero attached hydrogens (tertiary/aromatic N) is 5. The Morgan fingerprint density at radius 3 is 2.91 bits per heavy atom. The number of piperidine rings is 1. The number of fused-ring (bicyclic) bond motifs is 1. The fourth-order valence-electron chi connectivity index (χ4n) is 4.37. The molecule has 10 heteroatoms. The first-order valence-electron chi connectivity index (χ1n) is 11.0. The second kappa shape index (κ2) is 9.26. The van der Waals surface area contributed by atoms with E-state index in [-0.39, 0.29) is 22.9 Å². The molecule has 1 fully saturated rings. The molecular weight excluding hydrogens is 456 g/mol. The minimum absolute atomic E-state index is 0.0989. The third kappa shape index (κ3) is 4.26. The molecule has 1 aliphatic heterocycles. The van der Waals surface area contributed by atoms with Crippen molar-refractivity contribution in [3.05, 3.63) is 80.9 Å². The molecule has 9 nitrogen and oxygen atoms in total. The minimum Gasteiger partial charge on any atom is -0.496 e. The van der Waals surface area contributed by atoms with Crippen LogP contribution in [0.15, 0.2) is 53.3 Å². The summed E-state index contributed by atoms with van der Waals surface area (Å²) in [6, 6.07) is 14.6. The molecule has 1 unspecified atom stereocenters. The number of amides is 1. The van der Waals surface area contributed by atoms with Crippen molar-refractivity contribution >= 4 is 28.7 Å².